The van der Waals surface area contributed by atoms with Crippen LogP contribution in [0.5, 0.6) is 0 Å². The highest BCUT2D eigenvalue weighted by Gasteiger charge is 2.08. The highest BCUT2D eigenvalue weighted by atomic mass is 79.9. The van der Waals surface area contributed by atoms with E-state index in [1.807, 2.05) is 35.9 Å². The molecule has 0 aliphatic rings. The Hall–Kier alpha value is -1.27. The van der Waals surface area contributed by atoms with Crippen molar-refractivity contribution in [3.8, 4) is 5.69 Å². The number of benzene rings is 1. The number of nitrogens with zero attached hydrogens (tertiary/aromatic N) is 2. The quantitative estimate of drug-likeness (QED) is 0.877. The van der Waals surface area contributed by atoms with E-state index in [1.165, 1.54) is 11.8 Å². The smallest absolute Gasteiger partial charge is 0.313 e. The molecular weight excluding hydrogens is 316 g/mol. The van der Waals surface area contributed by atoms with E-state index in [-0.39, 0.29) is 5.75 Å². The summed E-state index contributed by atoms with van der Waals surface area (Å²) in [6.07, 6.45) is 3.49. The van der Waals surface area contributed by atoms with Crippen LogP contribution in [0.1, 0.15) is 5.56 Å². The number of hydrogen-bond acceptors (Lipinski definition) is 3. The van der Waals surface area contributed by atoms with Crippen molar-refractivity contribution in [3.05, 3.63) is 40.6 Å². The van der Waals surface area contributed by atoms with Crippen LogP contribution in [-0.2, 0) is 4.79 Å². The highest BCUT2D eigenvalue weighted by molar-refractivity contribution is 9.10. The van der Waals surface area contributed by atoms with Crippen LogP contribution in [0.4, 0.5) is 0 Å². The zero-order valence-electron chi connectivity index (χ0n) is 9.63. The Labute approximate surface area is 117 Å². The molecule has 0 saturated heterocycles. The van der Waals surface area contributed by atoms with Gasteiger partial charge in [-0.15, -0.1) is 0 Å². The van der Waals surface area contributed by atoms with E-state index in [4.69, 9.17) is 5.11 Å². The number of aryl methyl sites for hydroxylation is 1. The summed E-state index contributed by atoms with van der Waals surface area (Å²) >= 11 is 4.66. The highest BCUT2D eigenvalue weighted by Crippen LogP contribution is 2.23. The fourth-order valence-electron chi connectivity index (χ4n) is 1.58. The van der Waals surface area contributed by atoms with Crippen LogP contribution < -0.4 is 0 Å². The Morgan fingerprint density at radius 2 is 2.28 bits per heavy atom. The van der Waals surface area contributed by atoms with Gasteiger partial charge >= 0.3 is 5.97 Å². The molecule has 6 heteroatoms. The van der Waals surface area contributed by atoms with Crippen molar-refractivity contribution in [2.45, 2.75) is 12.1 Å². The van der Waals surface area contributed by atoms with Crippen LogP contribution in [0, 0.1) is 6.92 Å². The van der Waals surface area contributed by atoms with Gasteiger partial charge in [-0.05, 0) is 30.7 Å². The summed E-state index contributed by atoms with van der Waals surface area (Å²) < 4.78 is 2.87. The maximum atomic E-state index is 10.6. The van der Waals surface area contributed by atoms with Gasteiger partial charge in [-0.25, -0.2) is 4.98 Å². The number of aliphatic carboxylic acids is 1. The van der Waals surface area contributed by atoms with Crippen LogP contribution in [0.25, 0.3) is 5.69 Å². The lowest BCUT2D eigenvalue weighted by Gasteiger charge is -2.08. The fraction of sp³-hybridized carbons (Fsp3) is 0.167. The normalized spacial score (nSPS) is 10.6. The van der Waals surface area contributed by atoms with Gasteiger partial charge in [0.25, 0.3) is 0 Å². The van der Waals surface area contributed by atoms with Crippen molar-refractivity contribution >= 4 is 33.7 Å². The zero-order valence-corrected chi connectivity index (χ0v) is 12.0. The summed E-state index contributed by atoms with van der Waals surface area (Å²) in [7, 11) is 0. The standard InChI is InChI=1S/C12H11BrN2O2S/c1-8-4-9(13)6-10(5-8)15-3-2-14-12(15)18-7-11(16)17/h2-6H,7H2,1H3,(H,16,17). The summed E-state index contributed by atoms with van der Waals surface area (Å²) in [6.45, 7) is 2.01. The monoisotopic (exact) mass is 326 g/mol. The molecule has 18 heavy (non-hydrogen) atoms. The summed E-state index contributed by atoms with van der Waals surface area (Å²) in [4.78, 5) is 14.8. The Morgan fingerprint density at radius 3 is 2.94 bits per heavy atom. The zero-order chi connectivity index (χ0) is 13.1. The second-order valence-electron chi connectivity index (χ2n) is 3.75. The van der Waals surface area contributed by atoms with Crippen LogP contribution in [0.3, 0.4) is 0 Å². The second kappa shape index (κ2) is 5.58. The van der Waals surface area contributed by atoms with E-state index in [2.05, 4.69) is 20.9 Å². The van der Waals surface area contributed by atoms with Crippen molar-refractivity contribution < 1.29 is 9.90 Å². The van der Waals surface area contributed by atoms with E-state index in [0.717, 1.165) is 15.7 Å². The molecule has 0 aliphatic carbocycles. The molecule has 2 rings (SSSR count). The molecule has 0 bridgehead atoms. The molecular formula is C12H11BrN2O2S. The molecule has 1 aromatic heterocycles. The number of carboxylic acid groups (broad SMARTS) is 1. The topological polar surface area (TPSA) is 55.1 Å². The summed E-state index contributed by atoms with van der Waals surface area (Å²) in [6, 6.07) is 6.02. The number of rotatable bonds is 4. The van der Waals surface area contributed by atoms with Crippen LogP contribution in [-0.4, -0.2) is 26.4 Å². The SMILES string of the molecule is Cc1cc(Br)cc(-n2ccnc2SCC(=O)O)c1. The number of hydrogen-bond donors (Lipinski definition) is 1. The van der Waals surface area contributed by atoms with Gasteiger partial charge in [-0.3, -0.25) is 9.36 Å². The largest absolute Gasteiger partial charge is 0.481 e. The number of carboxylic acids is 1. The van der Waals surface area contributed by atoms with E-state index in [0.29, 0.717) is 5.16 Å². The molecule has 4 nitrogen and oxygen atoms in total. The lowest BCUT2D eigenvalue weighted by Crippen LogP contribution is -2.01. The Bertz CT molecular complexity index is 563. The van der Waals surface area contributed by atoms with Crippen LogP contribution >= 0.6 is 27.7 Å². The minimum Gasteiger partial charge on any atom is -0.481 e. The van der Waals surface area contributed by atoms with E-state index in [9.17, 15) is 4.79 Å². The molecule has 0 amide bonds. The van der Waals surface area contributed by atoms with Crippen molar-refractivity contribution in [2.24, 2.45) is 0 Å². The Morgan fingerprint density at radius 1 is 1.50 bits per heavy atom. The third-order valence-corrected chi connectivity index (χ3v) is 3.65. The van der Waals surface area contributed by atoms with E-state index in [1.54, 1.807) is 6.20 Å². The third-order valence-electron chi connectivity index (χ3n) is 2.24. The lowest BCUT2D eigenvalue weighted by atomic mass is 10.2. The van der Waals surface area contributed by atoms with Gasteiger partial charge in [0.05, 0.1) is 5.75 Å². The van der Waals surface area contributed by atoms with Crippen molar-refractivity contribution in [1.82, 2.24) is 9.55 Å². The lowest BCUT2D eigenvalue weighted by molar-refractivity contribution is -0.133. The third kappa shape index (κ3) is 3.14. The van der Waals surface area contributed by atoms with Gasteiger partial charge in [0, 0.05) is 22.6 Å². The molecule has 0 unspecified atom stereocenters. The minimum atomic E-state index is -0.847. The molecule has 0 fully saturated rings. The van der Waals surface area contributed by atoms with Gasteiger partial charge < -0.3 is 5.11 Å². The Balaban J connectivity index is 2.33. The van der Waals surface area contributed by atoms with Gasteiger partial charge in [-0.1, -0.05) is 27.7 Å². The summed E-state index contributed by atoms with van der Waals surface area (Å²) in [5.41, 5.74) is 2.09. The van der Waals surface area contributed by atoms with Crippen LogP contribution in [0.2, 0.25) is 0 Å². The first-order chi connectivity index (χ1) is 8.56. The molecule has 1 aromatic carbocycles. The van der Waals surface area contributed by atoms with Crippen molar-refractivity contribution in [3.63, 3.8) is 0 Å². The molecule has 2 aromatic rings. The predicted molar refractivity (Wildman–Crippen MR) is 74.4 cm³/mol. The molecule has 0 saturated carbocycles. The van der Waals surface area contributed by atoms with E-state index < -0.39 is 5.97 Å². The molecule has 0 spiro atoms. The first kappa shape index (κ1) is 13.2. The Kier molecular flexibility index (Phi) is 4.08. The number of aromatic nitrogens is 2. The van der Waals surface area contributed by atoms with E-state index >= 15 is 0 Å². The first-order valence-corrected chi connectivity index (χ1v) is 6.99. The van der Waals surface area contributed by atoms with Crippen molar-refractivity contribution in [1.29, 1.82) is 0 Å². The summed E-state index contributed by atoms with van der Waals surface area (Å²) in [5.74, 6) is -0.843. The number of halogens is 1. The molecule has 0 radical (unpaired) electrons. The molecule has 1 heterocycles. The van der Waals surface area contributed by atoms with Gasteiger partial charge in [0.2, 0.25) is 0 Å². The molecule has 0 aliphatic heterocycles. The molecule has 1 N–H and O–H groups in total. The average Bonchev–Trinajstić information content (AvgIpc) is 2.72. The maximum Gasteiger partial charge on any atom is 0.313 e. The number of carbonyl (C=O) groups is 1. The fourth-order valence-corrected chi connectivity index (χ4v) is 2.86. The van der Waals surface area contributed by atoms with Gasteiger partial charge in [0.15, 0.2) is 5.16 Å². The first-order valence-electron chi connectivity index (χ1n) is 5.22. The average molecular weight is 327 g/mol. The van der Waals surface area contributed by atoms with Gasteiger partial charge in [0.1, 0.15) is 0 Å². The predicted octanol–water partition coefficient (Wildman–Crippen LogP) is 3.12. The summed E-state index contributed by atoms with van der Waals surface area (Å²) in [5, 5.41) is 9.37. The minimum absolute atomic E-state index is 0.00397. The molecule has 94 valence electrons. The number of imidazole rings is 1. The van der Waals surface area contributed by atoms with Crippen LogP contribution in [0.15, 0.2) is 40.2 Å². The maximum absolute atomic E-state index is 10.6. The van der Waals surface area contributed by atoms with Gasteiger partial charge in [-0.2, -0.15) is 0 Å². The molecule has 0 atom stereocenters. The van der Waals surface area contributed by atoms with Crippen molar-refractivity contribution in [2.75, 3.05) is 5.75 Å². The second-order valence-corrected chi connectivity index (χ2v) is 5.61. The number of thioether (sulfide) groups is 1.